The zero-order valence-electron chi connectivity index (χ0n) is 14.6. The molecule has 0 spiro atoms. The van der Waals surface area contributed by atoms with E-state index in [-0.39, 0.29) is 11.8 Å². The van der Waals surface area contributed by atoms with Gasteiger partial charge in [0.15, 0.2) is 0 Å². The van der Waals surface area contributed by atoms with E-state index in [2.05, 4.69) is 4.98 Å². The van der Waals surface area contributed by atoms with Crippen LogP contribution < -0.4 is 0 Å². The molecule has 1 fully saturated rings. The molecule has 0 saturated carbocycles. The van der Waals surface area contributed by atoms with Crippen molar-refractivity contribution in [2.75, 3.05) is 13.1 Å². The molecule has 1 aromatic heterocycles. The molecule has 1 saturated heterocycles. The molecule has 2 heterocycles. The summed E-state index contributed by atoms with van der Waals surface area (Å²) in [5, 5.41) is 11.5. The Bertz CT molecular complexity index is 897. The van der Waals surface area contributed by atoms with Crippen LogP contribution in [0.1, 0.15) is 34.9 Å². The first-order valence-corrected chi connectivity index (χ1v) is 9.10. The number of piperidine rings is 1. The lowest BCUT2D eigenvalue weighted by Gasteiger charge is -2.34. The minimum Gasteiger partial charge on any atom is -0.388 e. The quantitative estimate of drug-likeness (QED) is 0.784. The molecule has 1 N–H and O–H groups in total. The number of fused-ring (bicyclic) bond motifs is 1. The van der Waals surface area contributed by atoms with Gasteiger partial charge in [0, 0.05) is 30.2 Å². The van der Waals surface area contributed by atoms with E-state index >= 15 is 0 Å². The maximum absolute atomic E-state index is 13.0. The van der Waals surface area contributed by atoms with Crippen molar-refractivity contribution in [1.82, 2.24) is 9.88 Å². The molecule has 4 rings (SSSR count). The number of likely N-dealkylation sites (tertiary alicyclic amines) is 1. The number of hydrogen-bond donors (Lipinski definition) is 1. The van der Waals surface area contributed by atoms with Gasteiger partial charge in [-0.2, -0.15) is 0 Å². The highest BCUT2D eigenvalue weighted by atomic mass is 16.3. The SMILES string of the molecule is O=C(c1cccc2ncccc12)N1CCC(C(O)c2ccccc2)CC1. The molecule has 2 aromatic carbocycles. The first-order valence-electron chi connectivity index (χ1n) is 9.10. The van der Waals surface area contributed by atoms with Crippen LogP contribution in [0.4, 0.5) is 0 Å². The average molecular weight is 346 g/mol. The van der Waals surface area contributed by atoms with Crippen LogP contribution in [0.3, 0.4) is 0 Å². The predicted octanol–water partition coefficient (Wildman–Crippen LogP) is 3.82. The van der Waals surface area contributed by atoms with Crippen molar-refractivity contribution < 1.29 is 9.90 Å². The summed E-state index contributed by atoms with van der Waals surface area (Å²) in [7, 11) is 0. The van der Waals surface area contributed by atoms with Gasteiger partial charge in [-0.25, -0.2) is 0 Å². The Kier molecular flexibility index (Phi) is 4.67. The van der Waals surface area contributed by atoms with Crippen LogP contribution in [0.2, 0.25) is 0 Å². The zero-order chi connectivity index (χ0) is 17.9. The summed E-state index contributed by atoms with van der Waals surface area (Å²) in [6, 6.07) is 19.3. The molecule has 1 amide bonds. The van der Waals surface area contributed by atoms with E-state index < -0.39 is 6.10 Å². The number of rotatable bonds is 3. The lowest BCUT2D eigenvalue weighted by molar-refractivity contribution is 0.0463. The van der Waals surface area contributed by atoms with Gasteiger partial charge in [0.1, 0.15) is 0 Å². The Labute approximate surface area is 153 Å². The lowest BCUT2D eigenvalue weighted by Crippen LogP contribution is -2.39. The van der Waals surface area contributed by atoms with E-state index in [1.54, 1.807) is 6.20 Å². The Morgan fingerprint density at radius 3 is 2.54 bits per heavy atom. The average Bonchev–Trinajstić information content (AvgIpc) is 2.73. The van der Waals surface area contributed by atoms with Gasteiger partial charge in [-0.15, -0.1) is 0 Å². The highest BCUT2D eigenvalue weighted by Gasteiger charge is 2.29. The summed E-state index contributed by atoms with van der Waals surface area (Å²) < 4.78 is 0. The van der Waals surface area contributed by atoms with Crippen molar-refractivity contribution in [3.63, 3.8) is 0 Å². The van der Waals surface area contributed by atoms with Gasteiger partial charge >= 0.3 is 0 Å². The molecule has 1 aliphatic heterocycles. The molecule has 132 valence electrons. The number of hydrogen-bond acceptors (Lipinski definition) is 3. The van der Waals surface area contributed by atoms with Crippen LogP contribution in [0.5, 0.6) is 0 Å². The molecular weight excluding hydrogens is 324 g/mol. The molecule has 0 aliphatic carbocycles. The Hall–Kier alpha value is -2.72. The first-order chi connectivity index (χ1) is 12.7. The van der Waals surface area contributed by atoms with Crippen molar-refractivity contribution >= 4 is 16.8 Å². The summed E-state index contributed by atoms with van der Waals surface area (Å²) in [4.78, 5) is 19.2. The topological polar surface area (TPSA) is 53.4 Å². The van der Waals surface area contributed by atoms with Crippen LogP contribution in [0.15, 0.2) is 66.9 Å². The summed E-state index contributed by atoms with van der Waals surface area (Å²) >= 11 is 0. The van der Waals surface area contributed by atoms with Crippen molar-refractivity contribution in [3.05, 3.63) is 78.0 Å². The predicted molar refractivity (Wildman–Crippen MR) is 102 cm³/mol. The van der Waals surface area contributed by atoms with Gasteiger partial charge in [-0.1, -0.05) is 42.5 Å². The van der Waals surface area contributed by atoms with Crippen LogP contribution in [0, 0.1) is 5.92 Å². The smallest absolute Gasteiger partial charge is 0.254 e. The molecule has 1 aliphatic rings. The fourth-order valence-corrected chi connectivity index (χ4v) is 3.80. The number of carbonyl (C=O) groups is 1. The molecule has 3 aromatic rings. The molecular formula is C22H22N2O2. The van der Waals surface area contributed by atoms with Crippen molar-refractivity contribution in [1.29, 1.82) is 0 Å². The third-order valence-corrected chi connectivity index (χ3v) is 5.29. The first kappa shape index (κ1) is 16.7. The largest absolute Gasteiger partial charge is 0.388 e. The number of aliphatic hydroxyl groups excluding tert-OH is 1. The van der Waals surface area contributed by atoms with Gasteiger partial charge in [0.05, 0.1) is 11.6 Å². The number of pyridine rings is 1. The van der Waals surface area contributed by atoms with Gasteiger partial charge < -0.3 is 10.0 Å². The number of aliphatic hydroxyl groups is 1. The molecule has 4 heteroatoms. The van der Waals surface area contributed by atoms with Gasteiger partial charge in [-0.3, -0.25) is 9.78 Å². The number of nitrogens with zero attached hydrogens (tertiary/aromatic N) is 2. The van der Waals surface area contributed by atoms with Crippen molar-refractivity contribution in [2.45, 2.75) is 18.9 Å². The third-order valence-electron chi connectivity index (χ3n) is 5.29. The lowest BCUT2D eigenvalue weighted by atomic mass is 9.87. The second-order valence-corrected chi connectivity index (χ2v) is 6.86. The molecule has 4 nitrogen and oxygen atoms in total. The highest BCUT2D eigenvalue weighted by Crippen LogP contribution is 2.31. The Morgan fingerprint density at radius 2 is 1.77 bits per heavy atom. The molecule has 0 radical (unpaired) electrons. The number of amides is 1. The normalized spacial score (nSPS) is 16.6. The Morgan fingerprint density at radius 1 is 1.00 bits per heavy atom. The molecule has 1 unspecified atom stereocenters. The number of benzene rings is 2. The van der Waals surface area contributed by atoms with E-state index in [1.165, 1.54) is 0 Å². The number of aromatic nitrogens is 1. The Balaban J connectivity index is 1.47. The van der Waals surface area contributed by atoms with Crippen molar-refractivity contribution in [2.24, 2.45) is 5.92 Å². The fourth-order valence-electron chi connectivity index (χ4n) is 3.80. The van der Waals surface area contributed by atoms with Crippen molar-refractivity contribution in [3.8, 4) is 0 Å². The van der Waals surface area contributed by atoms with Crippen LogP contribution in [0.25, 0.3) is 10.9 Å². The van der Waals surface area contributed by atoms with Crippen LogP contribution in [-0.2, 0) is 0 Å². The minimum absolute atomic E-state index is 0.0521. The van der Waals surface area contributed by atoms with Gasteiger partial charge in [0.2, 0.25) is 0 Å². The van der Waals surface area contributed by atoms with E-state index in [0.717, 1.165) is 29.3 Å². The van der Waals surface area contributed by atoms with E-state index in [9.17, 15) is 9.90 Å². The van der Waals surface area contributed by atoms with Gasteiger partial charge in [0.25, 0.3) is 5.91 Å². The monoisotopic (exact) mass is 346 g/mol. The summed E-state index contributed by atoms with van der Waals surface area (Å²) in [6.45, 7) is 1.34. The van der Waals surface area contributed by atoms with Crippen LogP contribution >= 0.6 is 0 Å². The molecule has 0 bridgehead atoms. The van der Waals surface area contributed by atoms with Crippen LogP contribution in [-0.4, -0.2) is 34.0 Å². The van der Waals surface area contributed by atoms with E-state index in [4.69, 9.17) is 0 Å². The molecule has 26 heavy (non-hydrogen) atoms. The van der Waals surface area contributed by atoms with E-state index in [0.29, 0.717) is 18.7 Å². The molecule has 1 atom stereocenters. The minimum atomic E-state index is -0.463. The zero-order valence-corrected chi connectivity index (χ0v) is 14.6. The number of carbonyl (C=O) groups excluding carboxylic acids is 1. The van der Waals surface area contributed by atoms with E-state index in [1.807, 2.05) is 65.6 Å². The highest BCUT2D eigenvalue weighted by molar-refractivity contribution is 6.06. The fraction of sp³-hybridized carbons (Fsp3) is 0.273. The second-order valence-electron chi connectivity index (χ2n) is 6.86. The summed E-state index contributed by atoms with van der Waals surface area (Å²) in [5.74, 6) is 0.242. The summed E-state index contributed by atoms with van der Waals surface area (Å²) in [6.07, 6.45) is 2.90. The standard InChI is InChI=1S/C22H22N2O2/c25-21(16-6-2-1-3-7-16)17-11-14-24(15-12-17)22(26)19-8-4-10-20-18(19)9-5-13-23-20/h1-10,13,17,21,25H,11-12,14-15H2. The third kappa shape index (κ3) is 3.20. The maximum Gasteiger partial charge on any atom is 0.254 e. The van der Waals surface area contributed by atoms with Gasteiger partial charge in [-0.05, 0) is 42.5 Å². The second kappa shape index (κ2) is 7.26. The summed E-state index contributed by atoms with van der Waals surface area (Å²) in [5.41, 5.74) is 2.50. The maximum atomic E-state index is 13.0.